The van der Waals surface area contributed by atoms with E-state index in [9.17, 15) is 4.79 Å². The number of amides is 1. The molecule has 1 unspecified atom stereocenters. The van der Waals surface area contributed by atoms with Crippen molar-refractivity contribution in [3.8, 4) is 0 Å². The molecule has 1 aromatic rings. The average Bonchev–Trinajstić information content (AvgIpc) is 3.22. The number of halogens is 1. The number of rotatable bonds is 6. The molecular weight excluding hydrogens is 336 g/mol. The minimum atomic E-state index is -0.503. The molecule has 20 heavy (non-hydrogen) atoms. The van der Waals surface area contributed by atoms with Crippen molar-refractivity contribution in [1.82, 2.24) is 5.32 Å². The molecule has 0 heterocycles. The van der Waals surface area contributed by atoms with Crippen LogP contribution in [0.15, 0.2) is 33.6 Å². The summed E-state index contributed by atoms with van der Waals surface area (Å²) in [6.07, 6.45) is 2.40. The van der Waals surface area contributed by atoms with E-state index in [1.54, 1.807) is 11.8 Å². The van der Waals surface area contributed by atoms with Gasteiger partial charge in [0.05, 0.1) is 4.75 Å². The molecule has 1 aromatic carbocycles. The molecular formula is C15H21BrN2OS. The third-order valence-corrected chi connectivity index (χ3v) is 5.19. The van der Waals surface area contributed by atoms with Gasteiger partial charge in [-0.3, -0.25) is 4.79 Å². The molecule has 5 heteroatoms. The highest BCUT2D eigenvalue weighted by molar-refractivity contribution is 9.10. The van der Waals surface area contributed by atoms with Gasteiger partial charge in [0.2, 0.25) is 5.91 Å². The average molecular weight is 357 g/mol. The highest BCUT2D eigenvalue weighted by atomic mass is 79.9. The Morgan fingerprint density at radius 2 is 2.05 bits per heavy atom. The van der Waals surface area contributed by atoms with Gasteiger partial charge in [-0.25, -0.2) is 0 Å². The van der Waals surface area contributed by atoms with Gasteiger partial charge in [0.15, 0.2) is 0 Å². The van der Waals surface area contributed by atoms with Crippen molar-refractivity contribution >= 4 is 33.6 Å². The second-order valence-electron chi connectivity index (χ2n) is 5.78. The second kappa shape index (κ2) is 6.50. The lowest BCUT2D eigenvalue weighted by Crippen LogP contribution is -2.45. The number of thioether (sulfide) groups is 1. The predicted molar refractivity (Wildman–Crippen MR) is 87.8 cm³/mol. The number of carbonyl (C=O) groups is 1. The zero-order valence-electron chi connectivity index (χ0n) is 11.9. The molecule has 0 spiro atoms. The summed E-state index contributed by atoms with van der Waals surface area (Å²) in [5.74, 6) is 0.652. The highest BCUT2D eigenvalue weighted by Crippen LogP contribution is 2.34. The molecule has 1 aliphatic rings. The first-order chi connectivity index (χ1) is 9.38. The highest BCUT2D eigenvalue weighted by Gasteiger charge is 2.32. The fourth-order valence-corrected chi connectivity index (χ4v) is 3.25. The van der Waals surface area contributed by atoms with E-state index in [2.05, 4.69) is 21.2 Å². The summed E-state index contributed by atoms with van der Waals surface area (Å²) in [7, 11) is 0. The zero-order chi connectivity index (χ0) is 14.8. The number of benzene rings is 1. The minimum Gasteiger partial charge on any atom is -0.353 e. The summed E-state index contributed by atoms with van der Waals surface area (Å²) in [4.78, 5) is 13.4. The molecule has 2 rings (SSSR count). The van der Waals surface area contributed by atoms with E-state index in [0.29, 0.717) is 12.5 Å². The Balaban J connectivity index is 1.87. The van der Waals surface area contributed by atoms with Crippen LogP contribution >= 0.6 is 27.7 Å². The van der Waals surface area contributed by atoms with Gasteiger partial charge in [-0.05, 0) is 56.9 Å². The van der Waals surface area contributed by atoms with Gasteiger partial charge in [0, 0.05) is 22.0 Å². The topological polar surface area (TPSA) is 55.1 Å². The molecule has 1 fully saturated rings. The van der Waals surface area contributed by atoms with E-state index in [-0.39, 0.29) is 11.9 Å². The fourth-order valence-electron chi connectivity index (χ4n) is 1.96. The predicted octanol–water partition coefficient (Wildman–Crippen LogP) is 3.17. The van der Waals surface area contributed by atoms with Crippen LogP contribution in [0.3, 0.4) is 0 Å². The summed E-state index contributed by atoms with van der Waals surface area (Å²) in [5, 5.41) is 2.98. The Labute approximate surface area is 133 Å². The maximum absolute atomic E-state index is 12.3. The van der Waals surface area contributed by atoms with Crippen LogP contribution in [0.5, 0.6) is 0 Å². The Morgan fingerprint density at radius 1 is 1.45 bits per heavy atom. The third-order valence-electron chi connectivity index (χ3n) is 3.46. The Hall–Kier alpha value is -0.520. The van der Waals surface area contributed by atoms with Crippen LogP contribution in [0.2, 0.25) is 0 Å². The summed E-state index contributed by atoms with van der Waals surface area (Å²) in [5.41, 5.74) is 6.01. The zero-order valence-corrected chi connectivity index (χ0v) is 14.3. The summed E-state index contributed by atoms with van der Waals surface area (Å²) < 4.78 is 0.538. The first-order valence-corrected chi connectivity index (χ1v) is 8.48. The smallest absolute Gasteiger partial charge is 0.236 e. The number of nitrogens with one attached hydrogen (secondary N) is 1. The van der Waals surface area contributed by atoms with Crippen molar-refractivity contribution in [2.75, 3.05) is 6.54 Å². The van der Waals surface area contributed by atoms with E-state index in [4.69, 9.17) is 5.73 Å². The van der Waals surface area contributed by atoms with E-state index < -0.39 is 4.75 Å². The first kappa shape index (κ1) is 15.9. The maximum Gasteiger partial charge on any atom is 0.236 e. The molecule has 1 saturated carbocycles. The third kappa shape index (κ3) is 4.50. The lowest BCUT2D eigenvalue weighted by molar-refractivity contribution is -0.122. The van der Waals surface area contributed by atoms with Crippen molar-refractivity contribution in [2.24, 2.45) is 11.7 Å². The van der Waals surface area contributed by atoms with Gasteiger partial charge >= 0.3 is 0 Å². The molecule has 0 aromatic heterocycles. The Bertz CT molecular complexity index is 471. The van der Waals surface area contributed by atoms with Gasteiger partial charge in [0.25, 0.3) is 0 Å². The van der Waals surface area contributed by atoms with Crippen LogP contribution in [0.4, 0.5) is 0 Å². The van der Waals surface area contributed by atoms with Crippen molar-refractivity contribution in [1.29, 1.82) is 0 Å². The number of carbonyl (C=O) groups excluding carboxylic acids is 1. The number of hydrogen-bond acceptors (Lipinski definition) is 3. The van der Waals surface area contributed by atoms with Gasteiger partial charge in [-0.1, -0.05) is 15.9 Å². The van der Waals surface area contributed by atoms with Crippen molar-refractivity contribution in [2.45, 2.75) is 42.4 Å². The maximum atomic E-state index is 12.3. The Kier molecular flexibility index (Phi) is 5.15. The van der Waals surface area contributed by atoms with E-state index >= 15 is 0 Å². The van der Waals surface area contributed by atoms with Crippen molar-refractivity contribution in [3.63, 3.8) is 0 Å². The van der Waals surface area contributed by atoms with E-state index in [1.165, 1.54) is 12.8 Å². The van der Waals surface area contributed by atoms with Crippen molar-refractivity contribution in [3.05, 3.63) is 28.7 Å². The SMILES string of the molecule is CC(C)(Sc1ccc(Br)cc1)C(=O)NCC(N)C1CC1. The molecule has 1 amide bonds. The molecule has 1 atom stereocenters. The lowest BCUT2D eigenvalue weighted by Gasteiger charge is -2.24. The molecule has 1 aliphatic carbocycles. The van der Waals surface area contributed by atoms with Crippen LogP contribution in [-0.4, -0.2) is 23.2 Å². The Morgan fingerprint density at radius 3 is 2.60 bits per heavy atom. The first-order valence-electron chi connectivity index (χ1n) is 6.87. The van der Waals surface area contributed by atoms with Crippen LogP contribution in [0.1, 0.15) is 26.7 Å². The largest absolute Gasteiger partial charge is 0.353 e. The minimum absolute atomic E-state index is 0.0431. The lowest BCUT2D eigenvalue weighted by atomic mass is 10.1. The van der Waals surface area contributed by atoms with Crippen LogP contribution in [0.25, 0.3) is 0 Å². The molecule has 110 valence electrons. The van der Waals surface area contributed by atoms with E-state index in [1.807, 2.05) is 38.1 Å². The standard InChI is InChI=1S/C15H21BrN2OS/c1-15(2,20-12-7-5-11(16)6-8-12)14(19)18-9-13(17)10-3-4-10/h5-8,10,13H,3-4,9,17H2,1-2H3,(H,18,19). The molecule has 0 radical (unpaired) electrons. The van der Waals surface area contributed by atoms with Gasteiger partial charge in [0.1, 0.15) is 0 Å². The molecule has 0 aliphatic heterocycles. The van der Waals surface area contributed by atoms with Crippen LogP contribution in [-0.2, 0) is 4.79 Å². The quantitative estimate of drug-likeness (QED) is 0.769. The van der Waals surface area contributed by atoms with E-state index in [0.717, 1.165) is 9.37 Å². The summed E-state index contributed by atoms with van der Waals surface area (Å²) in [6.45, 7) is 4.46. The van der Waals surface area contributed by atoms with Gasteiger partial charge < -0.3 is 11.1 Å². The van der Waals surface area contributed by atoms with Crippen LogP contribution < -0.4 is 11.1 Å². The summed E-state index contributed by atoms with van der Waals surface area (Å²) in [6, 6.07) is 8.10. The monoisotopic (exact) mass is 356 g/mol. The molecule has 3 N–H and O–H groups in total. The number of nitrogens with two attached hydrogens (primary N) is 1. The summed E-state index contributed by atoms with van der Waals surface area (Å²) >= 11 is 4.98. The fraction of sp³-hybridized carbons (Fsp3) is 0.533. The number of hydrogen-bond donors (Lipinski definition) is 2. The van der Waals surface area contributed by atoms with Gasteiger partial charge in [-0.2, -0.15) is 0 Å². The van der Waals surface area contributed by atoms with Gasteiger partial charge in [-0.15, -0.1) is 11.8 Å². The molecule has 0 bridgehead atoms. The van der Waals surface area contributed by atoms with Crippen LogP contribution in [0, 0.1) is 5.92 Å². The molecule has 0 saturated heterocycles. The second-order valence-corrected chi connectivity index (χ2v) is 8.39. The normalized spacial score (nSPS) is 16.8. The van der Waals surface area contributed by atoms with Crippen molar-refractivity contribution < 1.29 is 4.79 Å². The molecule has 3 nitrogen and oxygen atoms in total.